The monoisotopic (exact) mass is 342 g/mol. The summed E-state index contributed by atoms with van der Waals surface area (Å²) in [6, 6.07) is 12.2. The van der Waals surface area contributed by atoms with E-state index >= 15 is 0 Å². The quantitative estimate of drug-likeness (QED) is 0.708. The standard InChI is InChI=1S/C19H13F3N2O/c20-12-7-5-11(6-8-12)19(21,22)18-23-17(25-24-18)16-14-9-10-3-1-2-4-13(10)15(14)16/h1-8,14-16H,9H2. The molecule has 0 spiro atoms. The molecule has 3 unspecified atom stereocenters. The summed E-state index contributed by atoms with van der Waals surface area (Å²) in [5.41, 5.74) is 2.20. The molecule has 0 amide bonds. The molecule has 0 saturated heterocycles. The number of hydrogen-bond acceptors (Lipinski definition) is 3. The molecule has 0 N–H and O–H groups in total. The van der Waals surface area contributed by atoms with E-state index in [0.717, 1.165) is 30.7 Å². The Morgan fingerprint density at radius 1 is 1.00 bits per heavy atom. The van der Waals surface area contributed by atoms with Gasteiger partial charge in [0, 0.05) is 11.5 Å². The van der Waals surface area contributed by atoms with Crippen LogP contribution in [-0.2, 0) is 12.3 Å². The first-order valence-electron chi connectivity index (χ1n) is 8.11. The number of halogens is 3. The van der Waals surface area contributed by atoms with Gasteiger partial charge in [-0.3, -0.25) is 0 Å². The van der Waals surface area contributed by atoms with Gasteiger partial charge in [0.05, 0.1) is 0 Å². The molecule has 0 bridgehead atoms. The number of benzene rings is 2. The minimum Gasteiger partial charge on any atom is -0.339 e. The molecular weight excluding hydrogens is 329 g/mol. The third-order valence-corrected chi connectivity index (χ3v) is 5.25. The van der Waals surface area contributed by atoms with Gasteiger partial charge in [-0.1, -0.05) is 29.4 Å². The second kappa shape index (κ2) is 4.94. The molecule has 25 heavy (non-hydrogen) atoms. The van der Waals surface area contributed by atoms with Gasteiger partial charge in [0.1, 0.15) is 5.82 Å². The van der Waals surface area contributed by atoms with Crippen LogP contribution in [-0.4, -0.2) is 10.1 Å². The fraction of sp³-hybridized carbons (Fsp3) is 0.263. The molecule has 126 valence electrons. The zero-order valence-corrected chi connectivity index (χ0v) is 13.0. The fourth-order valence-electron chi connectivity index (χ4n) is 3.97. The first-order chi connectivity index (χ1) is 12.1. The van der Waals surface area contributed by atoms with Gasteiger partial charge < -0.3 is 4.52 Å². The van der Waals surface area contributed by atoms with E-state index in [1.54, 1.807) is 0 Å². The van der Waals surface area contributed by atoms with Gasteiger partial charge >= 0.3 is 5.92 Å². The Morgan fingerprint density at radius 3 is 2.56 bits per heavy atom. The van der Waals surface area contributed by atoms with Crippen LogP contribution in [0.1, 0.15) is 40.2 Å². The topological polar surface area (TPSA) is 38.9 Å². The predicted molar refractivity (Wildman–Crippen MR) is 82.8 cm³/mol. The molecule has 3 atom stereocenters. The number of alkyl halides is 2. The Labute approximate surface area is 141 Å². The van der Waals surface area contributed by atoms with E-state index < -0.39 is 17.6 Å². The highest BCUT2D eigenvalue weighted by atomic mass is 19.3. The van der Waals surface area contributed by atoms with E-state index in [0.29, 0.717) is 5.92 Å². The predicted octanol–water partition coefficient (Wildman–Crippen LogP) is 4.40. The van der Waals surface area contributed by atoms with Crippen LogP contribution >= 0.6 is 0 Å². The van der Waals surface area contributed by atoms with Crippen molar-refractivity contribution >= 4 is 0 Å². The Balaban J connectivity index is 1.43. The molecule has 6 heteroatoms. The Bertz CT molecular complexity index is 951. The number of rotatable bonds is 3. The van der Waals surface area contributed by atoms with Crippen LogP contribution in [0.4, 0.5) is 13.2 Å². The maximum atomic E-state index is 14.5. The van der Waals surface area contributed by atoms with Crippen molar-refractivity contribution in [2.24, 2.45) is 5.92 Å². The molecule has 0 aliphatic heterocycles. The number of fused-ring (bicyclic) bond motifs is 3. The third kappa shape index (κ3) is 2.13. The summed E-state index contributed by atoms with van der Waals surface area (Å²) in [4.78, 5) is 3.98. The molecule has 1 fully saturated rings. The second-order valence-corrected chi connectivity index (χ2v) is 6.66. The molecule has 2 aliphatic rings. The maximum absolute atomic E-state index is 14.5. The third-order valence-electron chi connectivity index (χ3n) is 5.25. The Morgan fingerprint density at radius 2 is 1.76 bits per heavy atom. The van der Waals surface area contributed by atoms with Crippen LogP contribution < -0.4 is 0 Å². The van der Waals surface area contributed by atoms with Gasteiger partial charge in [0.2, 0.25) is 11.7 Å². The Hall–Kier alpha value is -2.63. The first-order valence-corrected chi connectivity index (χ1v) is 8.11. The highest BCUT2D eigenvalue weighted by Crippen LogP contribution is 2.66. The number of aromatic nitrogens is 2. The van der Waals surface area contributed by atoms with E-state index in [1.165, 1.54) is 11.1 Å². The molecule has 1 heterocycles. The molecule has 5 rings (SSSR count). The minimum absolute atomic E-state index is 0.0140. The van der Waals surface area contributed by atoms with Crippen LogP contribution in [0.15, 0.2) is 53.1 Å². The average molecular weight is 342 g/mol. The first kappa shape index (κ1) is 14.7. The van der Waals surface area contributed by atoms with Crippen molar-refractivity contribution in [1.29, 1.82) is 0 Å². The SMILES string of the molecule is Fc1ccc(C(F)(F)c2noc(C3C4Cc5ccccc5C43)n2)cc1. The molecule has 3 aromatic rings. The maximum Gasteiger partial charge on any atom is 0.335 e. The van der Waals surface area contributed by atoms with Crippen LogP contribution in [0.25, 0.3) is 0 Å². The second-order valence-electron chi connectivity index (χ2n) is 6.66. The van der Waals surface area contributed by atoms with Crippen LogP contribution in [0.2, 0.25) is 0 Å². The molecule has 1 aromatic heterocycles. The molecule has 2 aliphatic carbocycles. The zero-order valence-electron chi connectivity index (χ0n) is 13.0. The molecule has 1 saturated carbocycles. The van der Waals surface area contributed by atoms with E-state index in [4.69, 9.17) is 4.52 Å². The zero-order chi connectivity index (χ0) is 17.2. The van der Waals surface area contributed by atoms with Gasteiger partial charge in [-0.25, -0.2) is 4.39 Å². The van der Waals surface area contributed by atoms with Crippen molar-refractivity contribution in [2.75, 3.05) is 0 Å². The number of nitrogens with zero attached hydrogens (tertiary/aromatic N) is 2. The van der Waals surface area contributed by atoms with Gasteiger partial charge in [0.15, 0.2) is 0 Å². The smallest absolute Gasteiger partial charge is 0.335 e. The lowest BCUT2D eigenvalue weighted by Gasteiger charge is -2.11. The molecule has 2 aromatic carbocycles. The molecule has 3 nitrogen and oxygen atoms in total. The van der Waals surface area contributed by atoms with Crippen LogP contribution in [0.5, 0.6) is 0 Å². The highest BCUT2D eigenvalue weighted by Gasteiger charge is 2.59. The van der Waals surface area contributed by atoms with Crippen molar-refractivity contribution in [2.45, 2.75) is 24.2 Å². The van der Waals surface area contributed by atoms with E-state index in [2.05, 4.69) is 22.3 Å². The summed E-state index contributed by atoms with van der Waals surface area (Å²) >= 11 is 0. The van der Waals surface area contributed by atoms with Crippen molar-refractivity contribution in [1.82, 2.24) is 10.1 Å². The van der Waals surface area contributed by atoms with Crippen molar-refractivity contribution in [3.05, 3.63) is 82.8 Å². The summed E-state index contributed by atoms with van der Waals surface area (Å²) < 4.78 is 47.2. The lowest BCUT2D eigenvalue weighted by molar-refractivity contribution is 0.0304. The van der Waals surface area contributed by atoms with Gasteiger partial charge in [-0.15, -0.1) is 0 Å². The largest absolute Gasteiger partial charge is 0.339 e. The summed E-state index contributed by atoms with van der Waals surface area (Å²) in [5, 5.41) is 3.50. The van der Waals surface area contributed by atoms with Crippen molar-refractivity contribution in [3.63, 3.8) is 0 Å². The van der Waals surface area contributed by atoms with Crippen molar-refractivity contribution in [3.8, 4) is 0 Å². The summed E-state index contributed by atoms with van der Waals surface area (Å²) in [6.45, 7) is 0. The fourth-order valence-corrected chi connectivity index (χ4v) is 3.97. The summed E-state index contributed by atoms with van der Waals surface area (Å²) in [5.74, 6) is -3.75. The Kier molecular flexibility index (Phi) is 2.90. The highest BCUT2D eigenvalue weighted by molar-refractivity contribution is 5.46. The van der Waals surface area contributed by atoms with Gasteiger partial charge in [0.25, 0.3) is 0 Å². The lowest BCUT2D eigenvalue weighted by atomic mass is 10.0. The molecule has 0 radical (unpaired) electrons. The van der Waals surface area contributed by atoms with E-state index in [9.17, 15) is 13.2 Å². The van der Waals surface area contributed by atoms with Gasteiger partial charge in [-0.05, 0) is 53.6 Å². The van der Waals surface area contributed by atoms with E-state index in [1.807, 2.05) is 12.1 Å². The van der Waals surface area contributed by atoms with Gasteiger partial charge in [-0.2, -0.15) is 13.8 Å². The minimum atomic E-state index is -3.42. The average Bonchev–Trinajstić information content (AvgIpc) is 2.99. The number of hydrogen-bond donors (Lipinski definition) is 0. The normalized spacial score (nSPS) is 24.0. The summed E-state index contributed by atoms with van der Waals surface area (Å²) in [6.07, 6.45) is 0.914. The van der Waals surface area contributed by atoms with Crippen LogP contribution in [0, 0.1) is 11.7 Å². The van der Waals surface area contributed by atoms with Crippen molar-refractivity contribution < 1.29 is 17.7 Å². The summed E-state index contributed by atoms with van der Waals surface area (Å²) in [7, 11) is 0. The van der Waals surface area contributed by atoms with E-state index in [-0.39, 0.29) is 23.3 Å². The molecular formula is C19H13F3N2O. The van der Waals surface area contributed by atoms with Crippen LogP contribution in [0.3, 0.4) is 0 Å². The lowest BCUT2D eigenvalue weighted by Crippen LogP contribution is -2.17.